The average Bonchev–Trinajstić information content (AvgIpc) is 2.54. The number of carbonyl (C=O) groups excluding carboxylic acids is 2. The van der Waals surface area contributed by atoms with Gasteiger partial charge in [-0.15, -0.1) is 0 Å². The van der Waals surface area contributed by atoms with Gasteiger partial charge in [0.2, 0.25) is 6.04 Å². The van der Waals surface area contributed by atoms with E-state index in [9.17, 15) is 19.7 Å². The number of esters is 2. The minimum Gasteiger partial charge on any atom is -0.469 e. The van der Waals surface area contributed by atoms with Crippen molar-refractivity contribution in [2.75, 3.05) is 14.2 Å². The van der Waals surface area contributed by atoms with Crippen LogP contribution in [0, 0.1) is 10.1 Å². The fourth-order valence-corrected chi connectivity index (χ4v) is 2.37. The van der Waals surface area contributed by atoms with Crippen LogP contribution in [0.2, 0.25) is 0 Å². The Kier molecular flexibility index (Phi) is 13.0. The first-order chi connectivity index (χ1) is 11.0. The Hall–Kier alpha value is -1.66. The van der Waals surface area contributed by atoms with Crippen LogP contribution in [0.4, 0.5) is 0 Å². The highest BCUT2D eigenvalue weighted by atomic mass is 16.6. The van der Waals surface area contributed by atoms with Gasteiger partial charge in [0.15, 0.2) is 0 Å². The number of rotatable bonds is 14. The first kappa shape index (κ1) is 21.3. The van der Waals surface area contributed by atoms with Gasteiger partial charge in [0.05, 0.1) is 14.2 Å². The van der Waals surface area contributed by atoms with Crippen LogP contribution < -0.4 is 0 Å². The first-order valence-electron chi connectivity index (χ1n) is 8.28. The second kappa shape index (κ2) is 14.0. The van der Waals surface area contributed by atoms with Gasteiger partial charge in [0, 0.05) is 17.8 Å². The van der Waals surface area contributed by atoms with Gasteiger partial charge in [-0.1, -0.05) is 38.5 Å². The van der Waals surface area contributed by atoms with Crippen molar-refractivity contribution in [1.82, 2.24) is 0 Å². The van der Waals surface area contributed by atoms with Crippen molar-refractivity contribution in [3.8, 4) is 0 Å². The van der Waals surface area contributed by atoms with Gasteiger partial charge < -0.3 is 9.47 Å². The van der Waals surface area contributed by atoms with Crippen molar-refractivity contribution in [2.24, 2.45) is 0 Å². The summed E-state index contributed by atoms with van der Waals surface area (Å²) in [5.74, 6) is -0.684. The zero-order valence-corrected chi connectivity index (χ0v) is 14.3. The topological polar surface area (TPSA) is 95.7 Å². The number of hydrogen-bond acceptors (Lipinski definition) is 6. The van der Waals surface area contributed by atoms with Crippen molar-refractivity contribution in [3.63, 3.8) is 0 Å². The SMILES string of the molecule is COC(=O)CCCCCCCCCCC(CC(=O)OC)[N+](=O)[O-]. The summed E-state index contributed by atoms with van der Waals surface area (Å²) >= 11 is 0. The van der Waals surface area contributed by atoms with Crippen molar-refractivity contribution in [3.05, 3.63) is 10.1 Å². The number of carbonyl (C=O) groups is 2. The third-order valence-corrected chi connectivity index (χ3v) is 3.82. The zero-order valence-electron chi connectivity index (χ0n) is 14.3. The van der Waals surface area contributed by atoms with Gasteiger partial charge in [-0.3, -0.25) is 19.7 Å². The molecule has 0 aliphatic heterocycles. The lowest BCUT2D eigenvalue weighted by atomic mass is 10.0. The van der Waals surface area contributed by atoms with Crippen LogP contribution in [0.1, 0.15) is 70.6 Å². The average molecular weight is 331 g/mol. The second-order valence-electron chi connectivity index (χ2n) is 5.66. The number of hydrogen-bond donors (Lipinski definition) is 0. The Bertz CT molecular complexity index is 358. The third-order valence-electron chi connectivity index (χ3n) is 3.82. The molecule has 134 valence electrons. The lowest BCUT2D eigenvalue weighted by molar-refractivity contribution is -0.522. The molecule has 0 aromatic heterocycles. The molecule has 0 rings (SSSR count). The van der Waals surface area contributed by atoms with E-state index in [0.717, 1.165) is 51.4 Å². The molecule has 1 unspecified atom stereocenters. The maximum absolute atomic E-state index is 11.1. The minimum atomic E-state index is -0.833. The van der Waals surface area contributed by atoms with Crippen molar-refractivity contribution < 1.29 is 24.0 Å². The van der Waals surface area contributed by atoms with Crippen molar-refractivity contribution >= 4 is 11.9 Å². The summed E-state index contributed by atoms with van der Waals surface area (Å²) in [5.41, 5.74) is 0. The van der Waals surface area contributed by atoms with Crippen LogP contribution in [0.5, 0.6) is 0 Å². The molecule has 0 aliphatic rings. The van der Waals surface area contributed by atoms with Crippen molar-refractivity contribution in [1.29, 1.82) is 0 Å². The number of unbranched alkanes of at least 4 members (excludes halogenated alkanes) is 7. The molecule has 1 atom stereocenters. The van der Waals surface area contributed by atoms with Crippen LogP contribution in [-0.4, -0.2) is 37.1 Å². The summed E-state index contributed by atoms with van der Waals surface area (Å²) in [4.78, 5) is 32.5. The van der Waals surface area contributed by atoms with Gasteiger partial charge in [0.25, 0.3) is 0 Å². The van der Waals surface area contributed by atoms with Gasteiger partial charge in [0.1, 0.15) is 6.42 Å². The fraction of sp³-hybridized carbons (Fsp3) is 0.875. The lowest BCUT2D eigenvalue weighted by Crippen LogP contribution is -2.23. The molecule has 0 bridgehead atoms. The number of methoxy groups -OCH3 is 2. The maximum atomic E-state index is 11.1. The van der Waals surface area contributed by atoms with Gasteiger partial charge in [-0.2, -0.15) is 0 Å². The highest BCUT2D eigenvalue weighted by Gasteiger charge is 2.23. The molecule has 0 N–H and O–H groups in total. The standard InChI is InChI=1S/C16H29NO6/c1-22-15(18)12-10-8-6-4-3-5-7-9-11-14(17(20)21)13-16(19)23-2/h14H,3-13H2,1-2H3. The predicted molar refractivity (Wildman–Crippen MR) is 85.6 cm³/mol. The molecule has 23 heavy (non-hydrogen) atoms. The Morgan fingerprint density at radius 3 is 1.83 bits per heavy atom. The summed E-state index contributed by atoms with van der Waals surface area (Å²) in [6, 6.07) is -0.833. The maximum Gasteiger partial charge on any atom is 0.312 e. The van der Waals surface area contributed by atoms with Gasteiger partial charge >= 0.3 is 11.9 Å². The Morgan fingerprint density at radius 1 is 0.870 bits per heavy atom. The molecule has 7 heteroatoms. The molecule has 0 heterocycles. The van der Waals surface area contributed by atoms with Crippen LogP contribution in [0.15, 0.2) is 0 Å². The zero-order chi connectivity index (χ0) is 17.5. The number of ether oxygens (including phenoxy) is 2. The number of nitro groups is 1. The summed E-state index contributed by atoms with van der Waals surface area (Å²) in [6.45, 7) is 0. The molecule has 0 aromatic carbocycles. The van der Waals surface area contributed by atoms with E-state index in [4.69, 9.17) is 0 Å². The highest BCUT2D eigenvalue weighted by molar-refractivity contribution is 5.69. The Morgan fingerprint density at radius 2 is 1.35 bits per heavy atom. The minimum absolute atomic E-state index is 0.149. The van der Waals surface area contributed by atoms with Crippen molar-refractivity contribution in [2.45, 2.75) is 76.7 Å². The molecule has 0 radical (unpaired) electrons. The Labute approximate surface area is 137 Å². The predicted octanol–water partition coefficient (Wildman–Crippen LogP) is 3.27. The number of nitrogens with zero attached hydrogens (tertiary/aromatic N) is 1. The quantitative estimate of drug-likeness (QED) is 0.210. The summed E-state index contributed by atoms with van der Waals surface area (Å²) in [7, 11) is 2.64. The lowest BCUT2D eigenvalue weighted by Gasteiger charge is -2.08. The van der Waals surface area contributed by atoms with E-state index >= 15 is 0 Å². The molecule has 0 aliphatic carbocycles. The van der Waals surface area contributed by atoms with Crippen LogP contribution in [0.25, 0.3) is 0 Å². The normalized spacial score (nSPS) is 11.7. The molecule has 0 saturated heterocycles. The molecule has 0 spiro atoms. The molecule has 7 nitrogen and oxygen atoms in total. The molecule has 0 aromatic rings. The molecule has 0 fully saturated rings. The molecule has 0 amide bonds. The van der Waals surface area contributed by atoms with E-state index in [1.807, 2.05) is 0 Å². The second-order valence-corrected chi connectivity index (χ2v) is 5.66. The fourth-order valence-electron chi connectivity index (χ4n) is 2.37. The Balaban J connectivity index is 3.51. The van der Waals surface area contributed by atoms with E-state index in [1.54, 1.807) is 0 Å². The largest absolute Gasteiger partial charge is 0.469 e. The van der Waals surface area contributed by atoms with Crippen LogP contribution in [0.3, 0.4) is 0 Å². The summed E-state index contributed by atoms with van der Waals surface area (Å²) in [6.07, 6.45) is 8.68. The van der Waals surface area contributed by atoms with E-state index in [1.165, 1.54) is 14.2 Å². The van der Waals surface area contributed by atoms with E-state index < -0.39 is 16.9 Å². The van der Waals surface area contributed by atoms with Crippen LogP contribution in [-0.2, 0) is 19.1 Å². The smallest absolute Gasteiger partial charge is 0.312 e. The molecular formula is C16H29NO6. The van der Waals surface area contributed by atoms with Gasteiger partial charge in [-0.25, -0.2) is 0 Å². The molecule has 0 saturated carbocycles. The van der Waals surface area contributed by atoms with E-state index in [-0.39, 0.29) is 12.4 Å². The van der Waals surface area contributed by atoms with Crippen LogP contribution >= 0.6 is 0 Å². The summed E-state index contributed by atoms with van der Waals surface area (Å²) < 4.78 is 9.05. The van der Waals surface area contributed by atoms with E-state index in [2.05, 4.69) is 9.47 Å². The first-order valence-corrected chi connectivity index (χ1v) is 8.28. The summed E-state index contributed by atoms with van der Waals surface area (Å²) in [5, 5.41) is 10.9. The van der Waals surface area contributed by atoms with Gasteiger partial charge in [-0.05, 0) is 12.8 Å². The highest BCUT2D eigenvalue weighted by Crippen LogP contribution is 2.14. The monoisotopic (exact) mass is 331 g/mol. The van der Waals surface area contributed by atoms with E-state index in [0.29, 0.717) is 12.8 Å². The molecular weight excluding hydrogens is 302 g/mol. The third kappa shape index (κ3) is 12.6.